The van der Waals surface area contributed by atoms with E-state index in [2.05, 4.69) is 6.58 Å². The molecule has 0 spiro atoms. The van der Waals surface area contributed by atoms with Gasteiger partial charge < -0.3 is 10.7 Å². The third-order valence-corrected chi connectivity index (χ3v) is 2.95. The molecule has 0 aromatic carbocycles. The topological polar surface area (TPSA) is 72.3 Å². The van der Waals surface area contributed by atoms with Crippen LogP contribution in [0.4, 0.5) is 0 Å². The Bertz CT molecular complexity index is 211. The van der Waals surface area contributed by atoms with Crippen molar-refractivity contribution < 1.29 is 4.79 Å². The van der Waals surface area contributed by atoms with Crippen molar-refractivity contribution in [1.29, 1.82) is 0 Å². The molecule has 1 aliphatic carbocycles. The van der Waals surface area contributed by atoms with E-state index in [4.69, 9.17) is 11.6 Å². The number of carbonyl (C=O) groups is 1. The molecule has 1 amide bonds. The number of rotatable bonds is 5. The second-order valence-corrected chi connectivity index (χ2v) is 3.91. The van der Waals surface area contributed by atoms with E-state index in [1.807, 2.05) is 0 Å². The van der Waals surface area contributed by atoms with Gasteiger partial charge in [-0.25, -0.2) is 5.84 Å². The molecule has 0 saturated heterocycles. The molecular weight excluding hydrogens is 178 g/mol. The zero-order valence-electron chi connectivity index (χ0n) is 8.48. The number of nitrogens with two attached hydrogens (primary N) is 2. The van der Waals surface area contributed by atoms with Gasteiger partial charge in [0, 0.05) is 12.6 Å². The molecule has 0 bridgehead atoms. The standard InChI is InChI=1S/C10H19N3O/c1-2-13(12)9(7-10(11)14)8-5-3-4-6-8/h2,8-9H,1,3-7,12H2,(H2,11,14)/t9-/m1/s1. The van der Waals surface area contributed by atoms with Crippen LogP contribution in [0.15, 0.2) is 12.8 Å². The van der Waals surface area contributed by atoms with Gasteiger partial charge in [0.15, 0.2) is 0 Å². The van der Waals surface area contributed by atoms with E-state index in [0.29, 0.717) is 12.3 Å². The summed E-state index contributed by atoms with van der Waals surface area (Å²) in [5.41, 5.74) is 5.20. The molecule has 14 heavy (non-hydrogen) atoms. The van der Waals surface area contributed by atoms with Crippen LogP contribution in [0.1, 0.15) is 32.1 Å². The molecule has 1 rings (SSSR count). The smallest absolute Gasteiger partial charge is 0.219 e. The number of hydrogen-bond acceptors (Lipinski definition) is 3. The zero-order chi connectivity index (χ0) is 10.6. The summed E-state index contributed by atoms with van der Waals surface area (Å²) in [5, 5.41) is 1.53. The Hall–Kier alpha value is -1.03. The van der Waals surface area contributed by atoms with E-state index < -0.39 is 0 Å². The highest BCUT2D eigenvalue weighted by molar-refractivity contribution is 5.74. The van der Waals surface area contributed by atoms with Crippen LogP contribution in [0.2, 0.25) is 0 Å². The second-order valence-electron chi connectivity index (χ2n) is 3.91. The second kappa shape index (κ2) is 5.00. The Morgan fingerprint density at radius 1 is 1.57 bits per heavy atom. The number of hydrazine groups is 1. The van der Waals surface area contributed by atoms with Gasteiger partial charge in [-0.05, 0) is 18.8 Å². The van der Waals surface area contributed by atoms with Crippen molar-refractivity contribution in [2.45, 2.75) is 38.1 Å². The first-order valence-electron chi connectivity index (χ1n) is 5.09. The van der Waals surface area contributed by atoms with Gasteiger partial charge in [-0.3, -0.25) is 4.79 Å². The van der Waals surface area contributed by atoms with Gasteiger partial charge in [0.25, 0.3) is 0 Å². The summed E-state index contributed by atoms with van der Waals surface area (Å²) in [4.78, 5) is 10.9. The summed E-state index contributed by atoms with van der Waals surface area (Å²) < 4.78 is 0. The molecule has 0 unspecified atom stereocenters. The minimum Gasteiger partial charge on any atom is -0.370 e. The van der Waals surface area contributed by atoms with Crippen molar-refractivity contribution in [2.75, 3.05) is 0 Å². The highest BCUT2D eigenvalue weighted by atomic mass is 16.1. The van der Waals surface area contributed by atoms with Crippen LogP contribution < -0.4 is 11.6 Å². The Labute approximate surface area is 84.9 Å². The summed E-state index contributed by atoms with van der Waals surface area (Å²) >= 11 is 0. The third-order valence-electron chi connectivity index (χ3n) is 2.95. The molecule has 0 aromatic heterocycles. The molecule has 0 aromatic rings. The van der Waals surface area contributed by atoms with Crippen LogP contribution in [0.3, 0.4) is 0 Å². The summed E-state index contributed by atoms with van der Waals surface area (Å²) in [7, 11) is 0. The van der Waals surface area contributed by atoms with Crippen LogP contribution in [-0.2, 0) is 4.79 Å². The third kappa shape index (κ3) is 2.73. The Morgan fingerprint density at radius 2 is 2.14 bits per heavy atom. The lowest BCUT2D eigenvalue weighted by Crippen LogP contribution is -2.43. The molecule has 4 nitrogen and oxygen atoms in total. The van der Waals surface area contributed by atoms with E-state index in [-0.39, 0.29) is 11.9 Å². The van der Waals surface area contributed by atoms with Crippen LogP contribution >= 0.6 is 0 Å². The molecule has 0 radical (unpaired) electrons. The lowest BCUT2D eigenvalue weighted by atomic mass is 9.95. The predicted octanol–water partition coefficient (Wildman–Crippen LogP) is 0.740. The van der Waals surface area contributed by atoms with Crippen molar-refractivity contribution in [3.8, 4) is 0 Å². The predicted molar refractivity (Wildman–Crippen MR) is 55.8 cm³/mol. The fourth-order valence-electron chi connectivity index (χ4n) is 2.20. The van der Waals surface area contributed by atoms with Gasteiger partial charge in [0.1, 0.15) is 0 Å². The fourth-order valence-corrected chi connectivity index (χ4v) is 2.20. The summed E-state index contributed by atoms with van der Waals surface area (Å²) in [6.45, 7) is 3.61. The van der Waals surface area contributed by atoms with Crippen molar-refractivity contribution >= 4 is 5.91 Å². The Kier molecular flexibility index (Phi) is 3.95. The number of nitrogens with zero attached hydrogens (tertiary/aromatic N) is 1. The summed E-state index contributed by atoms with van der Waals surface area (Å²) in [5.74, 6) is 5.95. The SMILES string of the molecule is C=CN(N)[C@H](CC(N)=O)C1CCCC1. The monoisotopic (exact) mass is 197 g/mol. The highest BCUT2D eigenvalue weighted by Gasteiger charge is 2.28. The van der Waals surface area contributed by atoms with Gasteiger partial charge >= 0.3 is 0 Å². The normalized spacial score (nSPS) is 19.2. The lowest BCUT2D eigenvalue weighted by molar-refractivity contribution is -0.119. The first-order chi connectivity index (χ1) is 6.65. The maximum absolute atomic E-state index is 10.9. The molecule has 80 valence electrons. The van der Waals surface area contributed by atoms with Gasteiger partial charge in [-0.15, -0.1) is 0 Å². The van der Waals surface area contributed by atoms with Gasteiger partial charge in [-0.1, -0.05) is 19.4 Å². The van der Waals surface area contributed by atoms with Crippen LogP contribution in [0.25, 0.3) is 0 Å². The molecular formula is C10H19N3O. The first kappa shape index (κ1) is 11.0. The quantitative estimate of drug-likeness (QED) is 0.504. The molecule has 0 aliphatic heterocycles. The number of amides is 1. The number of hydrogen-bond donors (Lipinski definition) is 2. The minimum absolute atomic E-state index is 0.0347. The van der Waals surface area contributed by atoms with Crippen molar-refractivity contribution in [1.82, 2.24) is 5.01 Å². The van der Waals surface area contributed by atoms with E-state index in [1.165, 1.54) is 17.9 Å². The summed E-state index contributed by atoms with van der Waals surface area (Å²) in [6.07, 6.45) is 6.62. The molecule has 1 atom stereocenters. The summed E-state index contributed by atoms with van der Waals surface area (Å²) in [6, 6.07) is 0.0347. The Balaban J connectivity index is 2.59. The van der Waals surface area contributed by atoms with Crippen molar-refractivity contribution in [3.05, 3.63) is 12.8 Å². The van der Waals surface area contributed by atoms with Gasteiger partial charge in [-0.2, -0.15) is 0 Å². The fraction of sp³-hybridized carbons (Fsp3) is 0.700. The van der Waals surface area contributed by atoms with E-state index in [1.54, 1.807) is 6.20 Å². The number of carbonyl (C=O) groups excluding carboxylic acids is 1. The largest absolute Gasteiger partial charge is 0.370 e. The Morgan fingerprint density at radius 3 is 2.57 bits per heavy atom. The maximum atomic E-state index is 10.9. The molecule has 1 aliphatic rings. The lowest BCUT2D eigenvalue weighted by Gasteiger charge is -2.30. The first-order valence-corrected chi connectivity index (χ1v) is 5.09. The molecule has 1 saturated carbocycles. The number of primary amides is 1. The highest BCUT2D eigenvalue weighted by Crippen LogP contribution is 2.30. The zero-order valence-corrected chi connectivity index (χ0v) is 8.48. The maximum Gasteiger partial charge on any atom is 0.219 e. The van der Waals surface area contributed by atoms with Gasteiger partial charge in [0.2, 0.25) is 5.91 Å². The van der Waals surface area contributed by atoms with E-state index in [9.17, 15) is 4.79 Å². The molecule has 0 heterocycles. The van der Waals surface area contributed by atoms with Crippen molar-refractivity contribution in [3.63, 3.8) is 0 Å². The average Bonchev–Trinajstić information content (AvgIpc) is 2.65. The van der Waals surface area contributed by atoms with Crippen LogP contribution in [0.5, 0.6) is 0 Å². The average molecular weight is 197 g/mol. The van der Waals surface area contributed by atoms with Crippen LogP contribution in [0, 0.1) is 5.92 Å². The van der Waals surface area contributed by atoms with E-state index >= 15 is 0 Å². The van der Waals surface area contributed by atoms with Gasteiger partial charge in [0.05, 0.1) is 6.04 Å². The van der Waals surface area contributed by atoms with Crippen molar-refractivity contribution in [2.24, 2.45) is 17.5 Å². The molecule has 4 N–H and O–H groups in total. The minimum atomic E-state index is -0.292. The van der Waals surface area contributed by atoms with Crippen LogP contribution in [-0.4, -0.2) is 17.0 Å². The molecule has 1 fully saturated rings. The molecule has 4 heteroatoms. The van der Waals surface area contributed by atoms with E-state index in [0.717, 1.165) is 12.8 Å².